The molecule has 24 heavy (non-hydrogen) atoms. The van der Waals surface area contributed by atoms with Crippen LogP contribution >= 0.6 is 11.3 Å². The fourth-order valence-electron chi connectivity index (χ4n) is 1.84. The van der Waals surface area contributed by atoms with E-state index in [-0.39, 0.29) is 10.5 Å². The second-order valence-electron chi connectivity index (χ2n) is 5.02. The molecule has 0 aliphatic carbocycles. The largest absolute Gasteiger partial charge is 0.481 e. The van der Waals surface area contributed by atoms with Crippen LogP contribution < -0.4 is 15.8 Å². The molecule has 0 fully saturated rings. The van der Waals surface area contributed by atoms with E-state index in [4.69, 9.17) is 10.5 Å². The third kappa shape index (κ3) is 4.33. The van der Waals surface area contributed by atoms with Crippen molar-refractivity contribution in [3.63, 3.8) is 0 Å². The molecular formula is C15H16N2O5S2. The van der Waals surface area contributed by atoms with Crippen LogP contribution in [0.2, 0.25) is 0 Å². The molecule has 1 heterocycles. The molecule has 2 rings (SSSR count). The summed E-state index contributed by atoms with van der Waals surface area (Å²) in [6.45, 7) is 1.54. The van der Waals surface area contributed by atoms with Crippen molar-refractivity contribution in [2.45, 2.75) is 17.9 Å². The Labute approximate surface area is 143 Å². The maximum Gasteiger partial charge on any atom is 0.265 e. The molecule has 0 aliphatic rings. The number of carbonyl (C=O) groups excluding carboxylic acids is 2. The number of anilines is 1. The molecule has 2 amide bonds. The van der Waals surface area contributed by atoms with Crippen LogP contribution in [0.3, 0.4) is 0 Å². The highest BCUT2D eigenvalue weighted by atomic mass is 32.2. The lowest BCUT2D eigenvalue weighted by molar-refractivity contribution is -0.122. The zero-order chi connectivity index (χ0) is 17.9. The van der Waals surface area contributed by atoms with E-state index in [1.807, 2.05) is 0 Å². The number of thiophene rings is 1. The van der Waals surface area contributed by atoms with Crippen LogP contribution in [0, 0.1) is 0 Å². The van der Waals surface area contributed by atoms with Crippen LogP contribution in [-0.4, -0.2) is 32.6 Å². The van der Waals surface area contributed by atoms with E-state index in [1.54, 1.807) is 5.38 Å². The second kappa shape index (κ2) is 7.02. The first-order valence-electron chi connectivity index (χ1n) is 6.83. The van der Waals surface area contributed by atoms with Gasteiger partial charge >= 0.3 is 0 Å². The summed E-state index contributed by atoms with van der Waals surface area (Å²) in [4.78, 5) is 23.5. The lowest BCUT2D eigenvalue weighted by atomic mass is 10.3. The third-order valence-corrected chi connectivity index (χ3v) is 5.06. The van der Waals surface area contributed by atoms with Crippen molar-refractivity contribution >= 4 is 38.0 Å². The number of rotatable bonds is 6. The average Bonchev–Trinajstić information content (AvgIpc) is 2.95. The zero-order valence-electron chi connectivity index (χ0n) is 13.0. The quantitative estimate of drug-likeness (QED) is 0.804. The van der Waals surface area contributed by atoms with E-state index < -0.39 is 27.8 Å². The Bertz CT molecular complexity index is 856. The first kappa shape index (κ1) is 18.0. The number of hydrogen-bond acceptors (Lipinski definition) is 6. The summed E-state index contributed by atoms with van der Waals surface area (Å²) in [5, 5.41) is 4.59. The van der Waals surface area contributed by atoms with Crippen LogP contribution in [0.15, 0.2) is 40.6 Å². The van der Waals surface area contributed by atoms with Gasteiger partial charge in [-0.2, -0.15) is 0 Å². The van der Waals surface area contributed by atoms with Crippen molar-refractivity contribution in [3.8, 4) is 5.75 Å². The maximum absolute atomic E-state index is 12.1. The Hall–Kier alpha value is -2.39. The Morgan fingerprint density at radius 3 is 2.38 bits per heavy atom. The van der Waals surface area contributed by atoms with Gasteiger partial charge < -0.3 is 15.8 Å². The van der Waals surface area contributed by atoms with E-state index in [0.717, 1.165) is 6.26 Å². The highest BCUT2D eigenvalue weighted by Crippen LogP contribution is 2.23. The molecule has 0 spiro atoms. The molecule has 7 nitrogen and oxygen atoms in total. The molecule has 128 valence electrons. The van der Waals surface area contributed by atoms with Crippen LogP contribution in [-0.2, 0) is 14.6 Å². The molecule has 1 aromatic heterocycles. The minimum atomic E-state index is -3.29. The van der Waals surface area contributed by atoms with Crippen LogP contribution in [0.5, 0.6) is 5.75 Å². The molecule has 1 unspecified atom stereocenters. The van der Waals surface area contributed by atoms with Gasteiger partial charge in [-0.15, -0.1) is 11.3 Å². The van der Waals surface area contributed by atoms with Gasteiger partial charge in [0.1, 0.15) is 10.8 Å². The van der Waals surface area contributed by atoms with Crippen molar-refractivity contribution in [2.75, 3.05) is 11.6 Å². The van der Waals surface area contributed by atoms with Crippen molar-refractivity contribution in [1.29, 1.82) is 0 Å². The minimum absolute atomic E-state index is 0.164. The second-order valence-corrected chi connectivity index (χ2v) is 7.95. The smallest absolute Gasteiger partial charge is 0.265 e. The van der Waals surface area contributed by atoms with Crippen molar-refractivity contribution in [2.24, 2.45) is 5.73 Å². The van der Waals surface area contributed by atoms with Gasteiger partial charge in [0.05, 0.1) is 10.5 Å². The van der Waals surface area contributed by atoms with Crippen LogP contribution in [0.25, 0.3) is 0 Å². The van der Waals surface area contributed by atoms with Gasteiger partial charge in [-0.05, 0) is 42.6 Å². The molecule has 0 bridgehead atoms. The highest BCUT2D eigenvalue weighted by Gasteiger charge is 2.19. The van der Waals surface area contributed by atoms with Crippen LogP contribution in [0.4, 0.5) is 5.00 Å². The van der Waals surface area contributed by atoms with E-state index in [0.29, 0.717) is 10.8 Å². The number of nitrogens with two attached hydrogens (primary N) is 1. The van der Waals surface area contributed by atoms with Gasteiger partial charge in [0.15, 0.2) is 15.9 Å². The fourth-order valence-corrected chi connectivity index (χ4v) is 3.26. The first-order valence-corrected chi connectivity index (χ1v) is 9.60. The highest BCUT2D eigenvalue weighted by molar-refractivity contribution is 7.90. The SMILES string of the molecule is CC(Oc1ccc(S(C)(=O)=O)cc1)C(=O)Nc1sccc1C(N)=O. The Kier molecular flexibility index (Phi) is 5.25. The number of nitrogens with one attached hydrogen (secondary N) is 1. The summed E-state index contributed by atoms with van der Waals surface area (Å²) in [6, 6.07) is 7.28. The van der Waals surface area contributed by atoms with Crippen molar-refractivity contribution < 1.29 is 22.7 Å². The first-order chi connectivity index (χ1) is 11.2. The number of amides is 2. The molecule has 1 atom stereocenters. The molecule has 0 saturated carbocycles. The normalized spacial score (nSPS) is 12.4. The molecule has 3 N–H and O–H groups in total. The maximum atomic E-state index is 12.1. The molecule has 0 aliphatic heterocycles. The number of benzene rings is 1. The number of hydrogen-bond donors (Lipinski definition) is 2. The Morgan fingerprint density at radius 2 is 1.83 bits per heavy atom. The molecule has 9 heteroatoms. The molecule has 1 aromatic carbocycles. The molecule has 0 saturated heterocycles. The van der Waals surface area contributed by atoms with Gasteiger partial charge in [-0.25, -0.2) is 8.42 Å². The zero-order valence-corrected chi connectivity index (χ0v) is 14.6. The summed E-state index contributed by atoms with van der Waals surface area (Å²) >= 11 is 1.18. The molecule has 2 aromatic rings. The lowest BCUT2D eigenvalue weighted by Crippen LogP contribution is -2.30. The van der Waals surface area contributed by atoms with E-state index >= 15 is 0 Å². The van der Waals surface area contributed by atoms with E-state index in [9.17, 15) is 18.0 Å². The van der Waals surface area contributed by atoms with Crippen molar-refractivity contribution in [3.05, 3.63) is 41.3 Å². The minimum Gasteiger partial charge on any atom is -0.481 e. The summed E-state index contributed by atoms with van der Waals surface area (Å²) in [5.41, 5.74) is 5.45. The fraction of sp³-hybridized carbons (Fsp3) is 0.200. The van der Waals surface area contributed by atoms with E-state index in [2.05, 4.69) is 5.32 Å². The Balaban J connectivity index is 2.04. The standard InChI is InChI=1S/C15H16N2O5S2/c1-9(14(19)17-15-12(13(16)18)7-8-23-15)22-10-3-5-11(6-4-10)24(2,20)21/h3-9H,1-2H3,(H2,16,18)(H,17,19). The topological polar surface area (TPSA) is 116 Å². The summed E-state index contributed by atoms with van der Waals surface area (Å²) < 4.78 is 28.3. The predicted octanol–water partition coefficient (Wildman–Crippen LogP) is 1.66. The summed E-state index contributed by atoms with van der Waals surface area (Å²) in [6.07, 6.45) is 0.257. The van der Waals surface area contributed by atoms with Gasteiger partial charge in [-0.3, -0.25) is 9.59 Å². The van der Waals surface area contributed by atoms with Gasteiger partial charge in [0.2, 0.25) is 0 Å². The number of sulfone groups is 1. The van der Waals surface area contributed by atoms with Gasteiger partial charge in [0.25, 0.3) is 11.8 Å². The summed E-state index contributed by atoms with van der Waals surface area (Å²) in [7, 11) is -3.29. The molecule has 0 radical (unpaired) electrons. The van der Waals surface area contributed by atoms with Crippen molar-refractivity contribution in [1.82, 2.24) is 0 Å². The van der Waals surface area contributed by atoms with Gasteiger partial charge in [0, 0.05) is 6.26 Å². The summed E-state index contributed by atoms with van der Waals surface area (Å²) in [5.74, 6) is -0.727. The molecular weight excluding hydrogens is 352 g/mol. The number of carbonyl (C=O) groups is 2. The van der Waals surface area contributed by atoms with E-state index in [1.165, 1.54) is 48.6 Å². The predicted molar refractivity (Wildman–Crippen MR) is 91.1 cm³/mol. The lowest BCUT2D eigenvalue weighted by Gasteiger charge is -2.14. The monoisotopic (exact) mass is 368 g/mol. The van der Waals surface area contributed by atoms with Gasteiger partial charge in [-0.1, -0.05) is 0 Å². The number of ether oxygens (including phenoxy) is 1. The number of primary amides is 1. The Morgan fingerprint density at radius 1 is 1.21 bits per heavy atom. The van der Waals surface area contributed by atoms with Crippen LogP contribution in [0.1, 0.15) is 17.3 Å². The third-order valence-electron chi connectivity index (χ3n) is 3.10. The average molecular weight is 368 g/mol.